The van der Waals surface area contributed by atoms with Gasteiger partial charge in [-0.05, 0) is 69.8 Å². The van der Waals surface area contributed by atoms with Gasteiger partial charge in [-0.1, -0.05) is 218 Å². The number of nitrogens with zero attached hydrogens (tertiary/aromatic N) is 2. The van der Waals surface area contributed by atoms with Gasteiger partial charge in [0.2, 0.25) is 15.7 Å². The molecule has 0 spiro atoms. The van der Waals surface area contributed by atoms with Crippen LogP contribution >= 0.6 is 0 Å². The molecule has 0 heterocycles. The number of aliphatic carboxylic acids is 2. The van der Waals surface area contributed by atoms with Crippen molar-refractivity contribution in [2.24, 2.45) is 38.7 Å². The van der Waals surface area contributed by atoms with Gasteiger partial charge in [0.15, 0.2) is 11.6 Å². The van der Waals surface area contributed by atoms with Gasteiger partial charge in [0.05, 0.1) is 58.3 Å². The first-order chi connectivity index (χ1) is 62.6. The molecule has 6 amide bonds. The molecule has 0 saturated heterocycles. The molecule has 0 saturated carbocycles. The number of benzene rings is 9. The van der Waals surface area contributed by atoms with E-state index in [9.17, 15) is 70.7 Å². The van der Waals surface area contributed by atoms with E-state index in [0.717, 1.165) is 33.4 Å². The number of rotatable bonds is 35. The highest BCUT2D eigenvalue weighted by Crippen LogP contribution is 2.14. The molecule has 690 valence electrons. The summed E-state index contributed by atoms with van der Waals surface area (Å²) in [7, 11) is 9.33. The Labute approximate surface area is 751 Å². The standard InChI is InChI=1S/C26H26N4O5.C16H14N2O4.C11H13BN2O3.C11H14N4O3.C10H14N2O2.C9H11NO2.C2H4BNO2.C2HF3O2/c27-24(30-26(33)35-17-20-9-5-2-6-10-20)21-11-13-22(14-12-21)25(32)29-18-28-15-23(31)34-16-19-7-3-1-4-8-19;17-14(12-6-8-13(9-7-12)15(19)20)18-16(21)22-10-11-4-2-1-3-5-11;12-11(16)14-8-13-6-10(15)17-7-9-4-2-1-3-5-9;12-10(13)7-1-3-8(4-2-7)11(18)15-6-14-5-9(16)17;11-8-12-6-10(13)14-7-9-4-2-1-3-5-9;10-6-9(11)12-7-8-4-2-1-3-5-8;3-2(6)4-1-5;3-2(4,5)1(6)7/h1-14,28H,15-18H2,(H,29,32)(H2,27,30,33);1-9H,10H2,(H,19,20)(H2,17,18,21);1-5,13H,6-8H2,(H,14,16);1-4,14H,5-6H2,(H3,12,13)(H,15,18)(H,16,17);1-5,12H,6-8,11H2;1-5H,6-7,10H2;5H,1H2,(H,4,6);(H,6,7). The number of nitrogens with one attached hydrogen (secondary N) is 9. The van der Waals surface area contributed by atoms with Crippen molar-refractivity contribution in [3.63, 3.8) is 0 Å². The molecule has 0 unspecified atom stereocenters. The minimum atomic E-state index is -5.08. The molecular formula is C87H97B2F3N16O23. The summed E-state index contributed by atoms with van der Waals surface area (Å²) in [6, 6.07) is 74.4. The Bertz CT molecular complexity index is 5040. The fourth-order valence-corrected chi connectivity index (χ4v) is 8.76. The van der Waals surface area contributed by atoms with Gasteiger partial charge in [0, 0.05) is 34.5 Å². The van der Waals surface area contributed by atoms with Gasteiger partial charge in [0.25, 0.3) is 11.8 Å². The van der Waals surface area contributed by atoms with E-state index in [2.05, 4.69) is 55.0 Å². The van der Waals surface area contributed by atoms with Crippen molar-refractivity contribution in [3.05, 3.63) is 322 Å². The Hall–Kier alpha value is -15.9. The average molecular weight is 1810 g/mol. The first kappa shape index (κ1) is 111. The SMILES string of the molecule is N=C(N)c1ccc(C(=O)NCNCC(=O)O)cc1.NC(=NC(=O)OCc1ccccc1)c1ccc(C(=O)NCNCC(=O)OCc2ccccc2)cc1.NC(=NC(=O)OCc1ccccc1)c1ccc(C(=O)O)cc1.NCC(=O)OCc1ccccc1.NCNCC(=O)OCc1ccccc1.O=C(O)C(F)(F)F.[B]C(=O)NCNCC(=O)OCc1ccccc1.[B]C(=O)NCO. The van der Waals surface area contributed by atoms with Crippen molar-refractivity contribution >= 4 is 111 Å². The molecule has 0 aliphatic heterocycles. The first-order valence-electron chi connectivity index (χ1n) is 38.4. The molecule has 0 aliphatic rings. The number of nitrogen functional groups attached to an aromatic ring is 1. The summed E-state index contributed by atoms with van der Waals surface area (Å²) < 4.78 is 61.7. The predicted molar refractivity (Wildman–Crippen MR) is 474 cm³/mol. The summed E-state index contributed by atoms with van der Waals surface area (Å²) in [5.74, 6) is -8.42. The molecule has 0 fully saturated rings. The van der Waals surface area contributed by atoms with Crippen LogP contribution < -0.4 is 71.2 Å². The van der Waals surface area contributed by atoms with Crippen LogP contribution in [0.15, 0.2) is 265 Å². The molecule has 9 aromatic rings. The van der Waals surface area contributed by atoms with Crippen molar-refractivity contribution in [2.45, 2.75) is 45.8 Å². The van der Waals surface area contributed by atoms with Crippen molar-refractivity contribution in [1.29, 1.82) is 5.41 Å². The van der Waals surface area contributed by atoms with E-state index in [1.807, 2.05) is 187 Å². The third-order valence-corrected chi connectivity index (χ3v) is 15.2. The summed E-state index contributed by atoms with van der Waals surface area (Å²) in [5.41, 5.74) is 34.9. The summed E-state index contributed by atoms with van der Waals surface area (Å²) in [6.45, 7) is 1.27. The quantitative estimate of drug-likeness (QED) is 0.00471. The molecule has 9 aromatic carbocycles. The van der Waals surface area contributed by atoms with Crippen molar-refractivity contribution in [1.82, 2.24) is 42.5 Å². The number of carbonyl (C=O) groups excluding carboxylic acids is 10. The summed E-state index contributed by atoms with van der Waals surface area (Å²) in [6.07, 6.45) is -6.69. The Morgan fingerprint density at radius 3 is 0.863 bits per heavy atom. The number of aromatic carboxylic acids is 1. The monoisotopic (exact) mass is 1810 g/mol. The predicted octanol–water partition coefficient (Wildman–Crippen LogP) is 5.03. The zero-order valence-electron chi connectivity index (χ0n) is 70.2. The number of nitrogens with two attached hydrogens (primary N) is 5. The van der Waals surface area contributed by atoms with E-state index in [-0.39, 0.29) is 139 Å². The lowest BCUT2D eigenvalue weighted by Crippen LogP contribution is -2.36. The largest absolute Gasteiger partial charge is 0.490 e. The number of hydrogen-bond acceptors (Lipinski definition) is 27. The molecule has 0 aliphatic carbocycles. The van der Waals surface area contributed by atoms with Crippen LogP contribution in [-0.4, -0.2) is 203 Å². The number of amides is 6. The lowest BCUT2D eigenvalue weighted by Gasteiger charge is -2.08. The van der Waals surface area contributed by atoms with Gasteiger partial charge in [-0.25, -0.2) is 19.2 Å². The van der Waals surface area contributed by atoms with Crippen LogP contribution in [0.3, 0.4) is 0 Å². The van der Waals surface area contributed by atoms with Crippen LogP contribution in [0, 0.1) is 5.41 Å². The lowest BCUT2D eigenvalue weighted by atomic mass is 10.1. The van der Waals surface area contributed by atoms with E-state index < -0.39 is 60.6 Å². The molecule has 9 rings (SSSR count). The van der Waals surface area contributed by atoms with Crippen molar-refractivity contribution in [3.8, 4) is 0 Å². The molecule has 4 radical (unpaired) electrons. The van der Waals surface area contributed by atoms with Crippen LogP contribution in [0.4, 0.5) is 32.3 Å². The van der Waals surface area contributed by atoms with Gasteiger partial charge in [-0.2, -0.15) is 23.2 Å². The van der Waals surface area contributed by atoms with Gasteiger partial charge in [-0.3, -0.25) is 69.8 Å². The van der Waals surface area contributed by atoms with E-state index >= 15 is 0 Å². The molecule has 0 aromatic heterocycles. The number of ether oxygens (including phenoxy) is 6. The zero-order chi connectivity index (χ0) is 97.0. The van der Waals surface area contributed by atoms with Crippen molar-refractivity contribution in [2.75, 3.05) is 66.1 Å². The molecule has 131 heavy (non-hydrogen) atoms. The van der Waals surface area contributed by atoms with E-state index in [0.29, 0.717) is 41.0 Å². The van der Waals surface area contributed by atoms with Crippen LogP contribution in [0.25, 0.3) is 0 Å². The first-order valence-corrected chi connectivity index (χ1v) is 38.4. The second-order valence-electron chi connectivity index (χ2n) is 25.2. The normalized spacial score (nSPS) is 10.2. The van der Waals surface area contributed by atoms with Crippen LogP contribution in [0.1, 0.15) is 81.1 Å². The number of carboxylic acid groups (broad SMARTS) is 3. The molecule has 39 nitrogen and oxygen atoms in total. The number of carboxylic acids is 3. The Kier molecular flexibility index (Phi) is 56.5. The minimum Gasteiger partial charge on any atom is -0.480 e. The topological polar surface area (TPSA) is 633 Å². The lowest BCUT2D eigenvalue weighted by molar-refractivity contribution is -0.192. The van der Waals surface area contributed by atoms with Gasteiger partial charge in [-0.15, -0.1) is 0 Å². The van der Waals surface area contributed by atoms with Crippen LogP contribution in [0.5, 0.6) is 0 Å². The summed E-state index contributed by atoms with van der Waals surface area (Å²) in [4.78, 5) is 149. The van der Waals surface area contributed by atoms with E-state index in [1.165, 1.54) is 24.3 Å². The number of amidine groups is 3. The summed E-state index contributed by atoms with van der Waals surface area (Å²) >= 11 is 0. The minimum absolute atomic E-state index is 0.0209. The second-order valence-corrected chi connectivity index (χ2v) is 25.2. The van der Waals surface area contributed by atoms with Crippen LogP contribution in [-0.2, 0) is 96.8 Å². The Morgan fingerprint density at radius 2 is 0.611 bits per heavy atom. The highest BCUT2D eigenvalue weighted by molar-refractivity contribution is 6.57. The van der Waals surface area contributed by atoms with Crippen molar-refractivity contribution < 1.29 is 124 Å². The fourth-order valence-electron chi connectivity index (χ4n) is 8.76. The molecular weight excluding hydrogens is 1720 g/mol. The number of hydrogen-bond donors (Lipinski definition) is 18. The average Bonchev–Trinajstić information content (AvgIpc) is 0.875. The zero-order valence-corrected chi connectivity index (χ0v) is 70.2. The van der Waals surface area contributed by atoms with Gasteiger partial charge >= 0.3 is 60.1 Å². The highest BCUT2D eigenvalue weighted by atomic mass is 19.4. The van der Waals surface area contributed by atoms with Gasteiger partial charge in [0.1, 0.15) is 63.9 Å². The van der Waals surface area contributed by atoms with Gasteiger partial charge < -0.3 is 98.8 Å². The second kappa shape index (κ2) is 66.6. The number of aliphatic hydroxyl groups excluding tert-OH is 1. The third kappa shape index (κ3) is 56.0. The number of halogens is 3. The number of alkyl halides is 3. The highest BCUT2D eigenvalue weighted by Gasteiger charge is 2.38. The maximum absolute atomic E-state index is 12.3. The number of aliphatic imine (C=N–C) groups is 2. The maximum Gasteiger partial charge on any atom is 0.490 e. The smallest absolute Gasteiger partial charge is 0.480 e. The summed E-state index contributed by atoms with van der Waals surface area (Å²) in [5, 5.41) is 59.4. The van der Waals surface area contributed by atoms with E-state index in [1.54, 1.807) is 48.5 Å². The maximum atomic E-state index is 12.3. The third-order valence-electron chi connectivity index (χ3n) is 15.2. The van der Waals surface area contributed by atoms with Crippen LogP contribution in [0.2, 0.25) is 0 Å². The fraction of sp³-hybridized carbons (Fsp3) is 0.195. The molecule has 44 heteroatoms. The number of aliphatic hydroxyl groups is 1. The Balaban J connectivity index is 0.000000534. The molecule has 23 N–H and O–H groups in total. The molecule has 0 bridgehead atoms. The van der Waals surface area contributed by atoms with E-state index in [4.69, 9.17) is 95.6 Å². The molecule has 0 atom stereocenters. The number of carbonyl (C=O) groups is 13. The Morgan fingerprint density at radius 1 is 0.351 bits per heavy atom. The number of esters is 4.